The van der Waals surface area contributed by atoms with Crippen molar-refractivity contribution in [2.24, 2.45) is 11.8 Å². The smallest absolute Gasteiger partial charge is 0.220 e. The van der Waals surface area contributed by atoms with Crippen molar-refractivity contribution >= 4 is 5.91 Å². The fourth-order valence-corrected chi connectivity index (χ4v) is 2.00. The molecule has 0 aliphatic carbocycles. The predicted molar refractivity (Wildman–Crippen MR) is 67.3 cm³/mol. The highest BCUT2D eigenvalue weighted by atomic mass is 16.1. The number of rotatable bonds is 5. The molecule has 1 amide bonds. The Morgan fingerprint density at radius 2 is 2.19 bits per heavy atom. The summed E-state index contributed by atoms with van der Waals surface area (Å²) in [5.74, 6) is 1.43. The van der Waals surface area contributed by atoms with E-state index in [1.807, 2.05) is 0 Å². The van der Waals surface area contributed by atoms with E-state index in [1.54, 1.807) is 0 Å². The van der Waals surface area contributed by atoms with E-state index in [4.69, 9.17) is 0 Å². The van der Waals surface area contributed by atoms with Gasteiger partial charge in [-0.25, -0.2) is 0 Å². The van der Waals surface area contributed by atoms with E-state index >= 15 is 0 Å². The number of amides is 1. The first-order chi connectivity index (χ1) is 7.59. The van der Waals surface area contributed by atoms with E-state index in [0.717, 1.165) is 19.5 Å². The van der Waals surface area contributed by atoms with Crippen LogP contribution in [0.4, 0.5) is 0 Å². The topological polar surface area (TPSA) is 41.1 Å². The zero-order chi connectivity index (χ0) is 12.0. The molecule has 2 unspecified atom stereocenters. The molecule has 1 aliphatic heterocycles. The lowest BCUT2D eigenvalue weighted by molar-refractivity contribution is -0.122. The molecule has 2 atom stereocenters. The Kier molecular flexibility index (Phi) is 5.81. The van der Waals surface area contributed by atoms with Crippen molar-refractivity contribution in [3.63, 3.8) is 0 Å². The third kappa shape index (κ3) is 4.97. The third-order valence-corrected chi connectivity index (χ3v) is 3.57. The fourth-order valence-electron chi connectivity index (χ4n) is 2.00. The zero-order valence-electron chi connectivity index (χ0n) is 10.9. The summed E-state index contributed by atoms with van der Waals surface area (Å²) in [4.78, 5) is 11.7. The molecule has 0 saturated carbocycles. The highest BCUT2D eigenvalue weighted by molar-refractivity contribution is 5.76. The first-order valence-electron chi connectivity index (χ1n) is 6.59. The molecule has 2 N–H and O–H groups in total. The minimum Gasteiger partial charge on any atom is -0.353 e. The van der Waals surface area contributed by atoms with Crippen LogP contribution in [-0.4, -0.2) is 25.0 Å². The molecule has 0 aromatic rings. The van der Waals surface area contributed by atoms with Gasteiger partial charge in [0.05, 0.1) is 0 Å². The Bertz CT molecular complexity index is 210. The van der Waals surface area contributed by atoms with Gasteiger partial charge in [0.1, 0.15) is 0 Å². The van der Waals surface area contributed by atoms with Gasteiger partial charge in [-0.2, -0.15) is 0 Å². The van der Waals surface area contributed by atoms with E-state index in [0.29, 0.717) is 18.3 Å². The van der Waals surface area contributed by atoms with Crippen LogP contribution in [0, 0.1) is 11.8 Å². The van der Waals surface area contributed by atoms with E-state index in [2.05, 4.69) is 31.4 Å². The summed E-state index contributed by atoms with van der Waals surface area (Å²) in [6.07, 6.45) is 4.25. The molecular weight excluding hydrogens is 200 g/mol. The van der Waals surface area contributed by atoms with Gasteiger partial charge in [0.2, 0.25) is 5.91 Å². The second-order valence-corrected chi connectivity index (χ2v) is 5.35. The molecule has 1 aliphatic rings. The van der Waals surface area contributed by atoms with Gasteiger partial charge in [-0.15, -0.1) is 0 Å². The maximum atomic E-state index is 11.7. The van der Waals surface area contributed by atoms with Crippen molar-refractivity contribution in [3.05, 3.63) is 0 Å². The second kappa shape index (κ2) is 6.89. The van der Waals surface area contributed by atoms with E-state index in [1.165, 1.54) is 12.8 Å². The van der Waals surface area contributed by atoms with E-state index in [-0.39, 0.29) is 11.9 Å². The van der Waals surface area contributed by atoms with Gasteiger partial charge in [0.25, 0.3) is 0 Å². The molecule has 94 valence electrons. The van der Waals surface area contributed by atoms with Crippen LogP contribution in [-0.2, 0) is 4.79 Å². The van der Waals surface area contributed by atoms with E-state index < -0.39 is 0 Å². The number of nitrogens with one attached hydrogen (secondary N) is 2. The lowest BCUT2D eigenvalue weighted by Gasteiger charge is -2.23. The van der Waals surface area contributed by atoms with Gasteiger partial charge in [0, 0.05) is 12.5 Å². The Labute approximate surface area is 99.4 Å². The molecular formula is C13H26N2O. The number of hydrogen-bond acceptors (Lipinski definition) is 2. The Morgan fingerprint density at radius 3 is 2.75 bits per heavy atom. The zero-order valence-corrected chi connectivity index (χ0v) is 10.9. The Morgan fingerprint density at radius 1 is 1.44 bits per heavy atom. The molecule has 3 heteroatoms. The average Bonchev–Trinajstić information content (AvgIpc) is 2.27. The van der Waals surface area contributed by atoms with Crippen molar-refractivity contribution in [3.8, 4) is 0 Å². The summed E-state index contributed by atoms with van der Waals surface area (Å²) >= 11 is 0. The van der Waals surface area contributed by atoms with E-state index in [9.17, 15) is 4.79 Å². The second-order valence-electron chi connectivity index (χ2n) is 5.35. The largest absolute Gasteiger partial charge is 0.353 e. The molecule has 0 bridgehead atoms. The summed E-state index contributed by atoms with van der Waals surface area (Å²) in [7, 11) is 0. The van der Waals surface area contributed by atoms with Crippen LogP contribution >= 0.6 is 0 Å². The summed E-state index contributed by atoms with van der Waals surface area (Å²) < 4.78 is 0. The van der Waals surface area contributed by atoms with Gasteiger partial charge in [-0.1, -0.05) is 13.8 Å². The fraction of sp³-hybridized carbons (Fsp3) is 0.923. The minimum absolute atomic E-state index is 0.215. The lowest BCUT2D eigenvalue weighted by Crippen LogP contribution is -2.37. The molecule has 3 nitrogen and oxygen atoms in total. The van der Waals surface area contributed by atoms with Gasteiger partial charge < -0.3 is 10.6 Å². The first kappa shape index (κ1) is 13.5. The van der Waals surface area contributed by atoms with Gasteiger partial charge in [0.15, 0.2) is 0 Å². The van der Waals surface area contributed by atoms with Crippen LogP contribution in [0.2, 0.25) is 0 Å². The van der Waals surface area contributed by atoms with Crippen LogP contribution in [0.1, 0.15) is 46.5 Å². The van der Waals surface area contributed by atoms with Crippen LogP contribution in [0.25, 0.3) is 0 Å². The van der Waals surface area contributed by atoms with Crippen molar-refractivity contribution in [1.82, 2.24) is 10.6 Å². The molecule has 0 aromatic heterocycles. The van der Waals surface area contributed by atoms with Crippen molar-refractivity contribution in [1.29, 1.82) is 0 Å². The van der Waals surface area contributed by atoms with Crippen molar-refractivity contribution in [2.75, 3.05) is 13.1 Å². The highest BCUT2D eigenvalue weighted by Gasteiger charge is 2.15. The van der Waals surface area contributed by atoms with Crippen LogP contribution < -0.4 is 10.6 Å². The standard InChI is InChI=1S/C13H26N2O/c1-10(2)11(3)15-13(16)7-6-12-5-4-8-14-9-12/h10-12,14H,4-9H2,1-3H3,(H,15,16). The number of hydrogen-bond donors (Lipinski definition) is 2. The molecule has 1 heterocycles. The van der Waals surface area contributed by atoms with Gasteiger partial charge >= 0.3 is 0 Å². The van der Waals surface area contributed by atoms with Crippen LogP contribution in [0.3, 0.4) is 0 Å². The Hall–Kier alpha value is -0.570. The van der Waals surface area contributed by atoms with Crippen LogP contribution in [0.15, 0.2) is 0 Å². The molecule has 0 spiro atoms. The summed E-state index contributed by atoms with van der Waals surface area (Å²) in [5.41, 5.74) is 0. The number of carbonyl (C=O) groups excluding carboxylic acids is 1. The maximum absolute atomic E-state index is 11.7. The lowest BCUT2D eigenvalue weighted by atomic mass is 9.94. The first-order valence-corrected chi connectivity index (χ1v) is 6.59. The minimum atomic E-state index is 0.215. The quantitative estimate of drug-likeness (QED) is 0.752. The summed E-state index contributed by atoms with van der Waals surface area (Å²) in [6.45, 7) is 8.58. The molecule has 1 saturated heterocycles. The van der Waals surface area contributed by atoms with Gasteiger partial charge in [-0.05, 0) is 51.1 Å². The Balaban J connectivity index is 2.14. The van der Waals surface area contributed by atoms with Crippen LogP contribution in [0.5, 0.6) is 0 Å². The van der Waals surface area contributed by atoms with Crippen molar-refractivity contribution in [2.45, 2.75) is 52.5 Å². The summed E-state index contributed by atoms with van der Waals surface area (Å²) in [6, 6.07) is 0.289. The maximum Gasteiger partial charge on any atom is 0.220 e. The molecule has 0 aromatic carbocycles. The monoisotopic (exact) mass is 226 g/mol. The predicted octanol–water partition coefficient (Wildman–Crippen LogP) is 1.93. The molecule has 16 heavy (non-hydrogen) atoms. The normalized spacial score (nSPS) is 23.1. The molecule has 1 rings (SSSR count). The number of piperidine rings is 1. The summed E-state index contributed by atoms with van der Waals surface area (Å²) in [5, 5.41) is 6.45. The highest BCUT2D eigenvalue weighted by Crippen LogP contribution is 2.15. The average molecular weight is 226 g/mol. The number of carbonyl (C=O) groups is 1. The molecule has 1 fully saturated rings. The third-order valence-electron chi connectivity index (χ3n) is 3.57. The van der Waals surface area contributed by atoms with Crippen molar-refractivity contribution < 1.29 is 4.79 Å². The SMILES string of the molecule is CC(C)C(C)NC(=O)CCC1CCCNC1. The van der Waals surface area contributed by atoms with Gasteiger partial charge in [-0.3, -0.25) is 4.79 Å². The molecule has 0 radical (unpaired) electrons.